The summed E-state index contributed by atoms with van der Waals surface area (Å²) in [5.41, 5.74) is 2.40. The molecule has 1 aromatic heterocycles. The minimum atomic E-state index is 0.343. The summed E-state index contributed by atoms with van der Waals surface area (Å²) in [7, 11) is 0. The first-order valence-corrected chi connectivity index (χ1v) is 6.49. The standard InChI is InChI=1S/C15H21N3/c1-12(2)18-10-9-15(17-18)11-16-13(3)14-7-5-4-6-8-14/h4-10,12-13,16H,11H2,1-3H3/t13-/m1/s1. The summed E-state index contributed by atoms with van der Waals surface area (Å²) in [5, 5.41) is 8.02. The van der Waals surface area contributed by atoms with Gasteiger partial charge in [0.1, 0.15) is 0 Å². The third-order valence-corrected chi connectivity index (χ3v) is 3.08. The monoisotopic (exact) mass is 243 g/mol. The van der Waals surface area contributed by atoms with Crippen LogP contribution >= 0.6 is 0 Å². The van der Waals surface area contributed by atoms with E-state index in [0.717, 1.165) is 12.2 Å². The molecular formula is C15H21N3. The van der Waals surface area contributed by atoms with Gasteiger partial charge in [-0.25, -0.2) is 0 Å². The predicted molar refractivity (Wildman–Crippen MR) is 74.3 cm³/mol. The summed E-state index contributed by atoms with van der Waals surface area (Å²) in [6.45, 7) is 7.25. The van der Waals surface area contributed by atoms with Crippen LogP contribution in [0, 0.1) is 0 Å². The van der Waals surface area contributed by atoms with E-state index in [4.69, 9.17) is 0 Å². The molecule has 0 amide bonds. The summed E-state index contributed by atoms with van der Waals surface area (Å²) in [5.74, 6) is 0. The Morgan fingerprint density at radius 3 is 2.44 bits per heavy atom. The normalized spacial score (nSPS) is 12.9. The lowest BCUT2D eigenvalue weighted by Crippen LogP contribution is -2.18. The molecule has 96 valence electrons. The van der Waals surface area contributed by atoms with Gasteiger partial charge in [-0.05, 0) is 32.4 Å². The van der Waals surface area contributed by atoms with Gasteiger partial charge in [-0.2, -0.15) is 5.10 Å². The Morgan fingerprint density at radius 2 is 1.83 bits per heavy atom. The fourth-order valence-electron chi connectivity index (χ4n) is 1.88. The number of nitrogens with one attached hydrogen (secondary N) is 1. The van der Waals surface area contributed by atoms with E-state index < -0.39 is 0 Å². The molecule has 1 heterocycles. The number of hydrogen-bond acceptors (Lipinski definition) is 2. The summed E-state index contributed by atoms with van der Waals surface area (Å²) in [4.78, 5) is 0. The average Bonchev–Trinajstić information content (AvgIpc) is 2.86. The van der Waals surface area contributed by atoms with Crippen LogP contribution in [0.25, 0.3) is 0 Å². The lowest BCUT2D eigenvalue weighted by molar-refractivity contribution is 0.512. The average molecular weight is 243 g/mol. The molecule has 2 aromatic rings. The van der Waals surface area contributed by atoms with Gasteiger partial charge in [-0.3, -0.25) is 4.68 Å². The zero-order chi connectivity index (χ0) is 13.0. The zero-order valence-corrected chi connectivity index (χ0v) is 11.3. The maximum absolute atomic E-state index is 4.53. The fraction of sp³-hybridized carbons (Fsp3) is 0.400. The maximum Gasteiger partial charge on any atom is 0.0762 e. The van der Waals surface area contributed by atoms with E-state index in [9.17, 15) is 0 Å². The molecule has 0 spiro atoms. The van der Waals surface area contributed by atoms with Gasteiger partial charge in [0.05, 0.1) is 5.69 Å². The van der Waals surface area contributed by atoms with Crippen molar-refractivity contribution in [3.8, 4) is 0 Å². The fourth-order valence-corrected chi connectivity index (χ4v) is 1.88. The highest BCUT2D eigenvalue weighted by Gasteiger charge is 2.06. The van der Waals surface area contributed by atoms with Crippen LogP contribution in [0.4, 0.5) is 0 Å². The largest absolute Gasteiger partial charge is 0.304 e. The Kier molecular flexibility index (Phi) is 4.15. The van der Waals surface area contributed by atoms with Gasteiger partial charge in [0, 0.05) is 24.8 Å². The molecule has 0 unspecified atom stereocenters. The highest BCUT2D eigenvalue weighted by atomic mass is 15.3. The number of benzene rings is 1. The molecule has 1 atom stereocenters. The summed E-state index contributed by atoms with van der Waals surface area (Å²) < 4.78 is 1.99. The van der Waals surface area contributed by atoms with E-state index in [1.165, 1.54) is 5.56 Å². The number of aromatic nitrogens is 2. The highest BCUT2D eigenvalue weighted by Crippen LogP contribution is 2.12. The molecule has 0 aliphatic rings. The van der Waals surface area contributed by atoms with E-state index in [2.05, 4.69) is 61.5 Å². The highest BCUT2D eigenvalue weighted by molar-refractivity contribution is 5.18. The Labute approximate surface area is 109 Å². The van der Waals surface area contributed by atoms with Gasteiger partial charge in [0.25, 0.3) is 0 Å². The quantitative estimate of drug-likeness (QED) is 0.873. The Morgan fingerprint density at radius 1 is 1.11 bits per heavy atom. The van der Waals surface area contributed by atoms with Crippen LogP contribution in [-0.2, 0) is 6.54 Å². The van der Waals surface area contributed by atoms with Crippen LogP contribution in [0.2, 0.25) is 0 Å². The second-order valence-electron chi connectivity index (χ2n) is 4.89. The number of hydrogen-bond donors (Lipinski definition) is 1. The SMILES string of the molecule is CC(C)n1ccc(CN[C@H](C)c2ccccc2)n1. The predicted octanol–water partition coefficient (Wildman–Crippen LogP) is 3.31. The van der Waals surface area contributed by atoms with Crippen LogP contribution < -0.4 is 5.32 Å². The van der Waals surface area contributed by atoms with E-state index in [1.807, 2.05) is 16.9 Å². The minimum Gasteiger partial charge on any atom is -0.304 e. The topological polar surface area (TPSA) is 29.9 Å². The first kappa shape index (κ1) is 12.8. The second-order valence-corrected chi connectivity index (χ2v) is 4.89. The molecule has 2 rings (SSSR count). The van der Waals surface area contributed by atoms with Gasteiger partial charge in [-0.1, -0.05) is 30.3 Å². The first-order valence-electron chi connectivity index (χ1n) is 6.49. The van der Waals surface area contributed by atoms with Crippen LogP contribution in [0.15, 0.2) is 42.6 Å². The molecule has 0 radical (unpaired) electrons. The lowest BCUT2D eigenvalue weighted by Gasteiger charge is -2.13. The molecule has 0 aliphatic carbocycles. The number of rotatable bonds is 5. The Hall–Kier alpha value is -1.61. The van der Waals surface area contributed by atoms with Gasteiger partial charge in [-0.15, -0.1) is 0 Å². The van der Waals surface area contributed by atoms with Crippen molar-refractivity contribution in [3.05, 3.63) is 53.9 Å². The Balaban J connectivity index is 1.91. The van der Waals surface area contributed by atoms with Crippen molar-refractivity contribution in [1.29, 1.82) is 0 Å². The van der Waals surface area contributed by atoms with Gasteiger partial charge in [0.15, 0.2) is 0 Å². The first-order chi connectivity index (χ1) is 8.66. The van der Waals surface area contributed by atoms with Crippen molar-refractivity contribution in [2.45, 2.75) is 39.4 Å². The van der Waals surface area contributed by atoms with Crippen molar-refractivity contribution < 1.29 is 0 Å². The van der Waals surface area contributed by atoms with Crippen LogP contribution in [0.5, 0.6) is 0 Å². The van der Waals surface area contributed by atoms with Crippen molar-refractivity contribution in [1.82, 2.24) is 15.1 Å². The van der Waals surface area contributed by atoms with Gasteiger partial charge in [0.2, 0.25) is 0 Å². The molecule has 3 heteroatoms. The molecule has 0 aliphatic heterocycles. The minimum absolute atomic E-state index is 0.343. The molecule has 1 aromatic carbocycles. The molecule has 0 saturated heterocycles. The molecular weight excluding hydrogens is 222 g/mol. The molecule has 18 heavy (non-hydrogen) atoms. The van der Waals surface area contributed by atoms with Crippen molar-refractivity contribution in [2.24, 2.45) is 0 Å². The van der Waals surface area contributed by atoms with E-state index in [-0.39, 0.29) is 0 Å². The van der Waals surface area contributed by atoms with Crippen LogP contribution in [0.3, 0.4) is 0 Å². The van der Waals surface area contributed by atoms with Crippen molar-refractivity contribution in [3.63, 3.8) is 0 Å². The van der Waals surface area contributed by atoms with E-state index in [0.29, 0.717) is 12.1 Å². The lowest BCUT2D eigenvalue weighted by atomic mass is 10.1. The zero-order valence-electron chi connectivity index (χ0n) is 11.3. The Bertz CT molecular complexity index is 473. The summed E-state index contributed by atoms with van der Waals surface area (Å²) in [6, 6.07) is 13.3. The van der Waals surface area contributed by atoms with Gasteiger partial charge >= 0.3 is 0 Å². The summed E-state index contributed by atoms with van der Waals surface area (Å²) >= 11 is 0. The molecule has 3 nitrogen and oxygen atoms in total. The third kappa shape index (κ3) is 3.20. The third-order valence-electron chi connectivity index (χ3n) is 3.08. The maximum atomic E-state index is 4.53. The summed E-state index contributed by atoms with van der Waals surface area (Å²) in [6.07, 6.45) is 2.04. The van der Waals surface area contributed by atoms with Gasteiger partial charge < -0.3 is 5.32 Å². The van der Waals surface area contributed by atoms with Crippen LogP contribution in [0.1, 0.15) is 44.1 Å². The molecule has 1 N–H and O–H groups in total. The van der Waals surface area contributed by atoms with E-state index in [1.54, 1.807) is 0 Å². The second kappa shape index (κ2) is 5.83. The molecule has 0 fully saturated rings. The smallest absolute Gasteiger partial charge is 0.0762 e. The molecule has 0 bridgehead atoms. The van der Waals surface area contributed by atoms with Crippen molar-refractivity contribution in [2.75, 3.05) is 0 Å². The number of nitrogens with zero attached hydrogens (tertiary/aromatic N) is 2. The van der Waals surface area contributed by atoms with Crippen molar-refractivity contribution >= 4 is 0 Å². The van der Waals surface area contributed by atoms with E-state index >= 15 is 0 Å². The van der Waals surface area contributed by atoms with Crippen LogP contribution in [-0.4, -0.2) is 9.78 Å². The molecule has 0 saturated carbocycles.